The van der Waals surface area contributed by atoms with Crippen molar-refractivity contribution < 1.29 is 9.59 Å². The van der Waals surface area contributed by atoms with E-state index in [1.165, 1.54) is 15.3 Å². The van der Waals surface area contributed by atoms with Crippen LogP contribution in [0.15, 0.2) is 29.0 Å². The molecule has 0 bridgehead atoms. The van der Waals surface area contributed by atoms with Gasteiger partial charge in [0.1, 0.15) is 0 Å². The molecule has 2 rings (SSSR count). The summed E-state index contributed by atoms with van der Waals surface area (Å²) in [6.07, 6.45) is 0.775. The van der Waals surface area contributed by atoms with Crippen LogP contribution in [0.1, 0.15) is 15.3 Å². The molecular formula is C16H21N3O2S2. The molecule has 2 aromatic heterocycles. The number of imide groups is 1. The summed E-state index contributed by atoms with van der Waals surface area (Å²) < 4.78 is 0. The normalized spacial score (nSPS) is 10.7. The van der Waals surface area contributed by atoms with Gasteiger partial charge in [0.05, 0.1) is 6.54 Å². The van der Waals surface area contributed by atoms with Crippen LogP contribution in [-0.4, -0.2) is 37.0 Å². The molecule has 2 aromatic rings. The zero-order valence-electron chi connectivity index (χ0n) is 13.3. The lowest BCUT2D eigenvalue weighted by Crippen LogP contribution is -2.44. The van der Waals surface area contributed by atoms with Gasteiger partial charge in [0.25, 0.3) is 0 Å². The molecule has 5 nitrogen and oxygen atoms in total. The van der Waals surface area contributed by atoms with Gasteiger partial charge in [-0.25, -0.2) is 4.79 Å². The first-order valence-electron chi connectivity index (χ1n) is 7.36. The minimum absolute atomic E-state index is 0.190. The Bertz CT molecular complexity index is 638. The number of nitrogens with zero attached hydrogens (tertiary/aromatic N) is 1. The van der Waals surface area contributed by atoms with Crippen LogP contribution < -0.4 is 10.6 Å². The van der Waals surface area contributed by atoms with Gasteiger partial charge in [0.2, 0.25) is 5.91 Å². The van der Waals surface area contributed by atoms with E-state index in [4.69, 9.17) is 0 Å². The molecule has 124 valence electrons. The fraction of sp³-hybridized carbons (Fsp3) is 0.375. The van der Waals surface area contributed by atoms with Crippen molar-refractivity contribution in [1.82, 2.24) is 15.5 Å². The van der Waals surface area contributed by atoms with E-state index in [2.05, 4.69) is 23.6 Å². The third kappa shape index (κ3) is 6.13. The molecule has 0 spiro atoms. The molecule has 0 aromatic carbocycles. The second-order valence-electron chi connectivity index (χ2n) is 5.33. The van der Waals surface area contributed by atoms with Crippen LogP contribution >= 0.6 is 22.7 Å². The average molecular weight is 351 g/mol. The molecule has 0 saturated carbocycles. The highest BCUT2D eigenvalue weighted by Gasteiger charge is 2.11. The number of hydrogen-bond donors (Lipinski definition) is 2. The van der Waals surface area contributed by atoms with Crippen molar-refractivity contribution in [3.8, 4) is 0 Å². The molecule has 0 unspecified atom stereocenters. The van der Waals surface area contributed by atoms with Crippen LogP contribution in [0.25, 0.3) is 0 Å². The van der Waals surface area contributed by atoms with Crippen LogP contribution in [0.3, 0.4) is 0 Å². The standard InChI is InChI=1S/C16H21N3O2S2/c1-12-6-9-23-14(12)10-19(2)11-15(20)18-16(21)17-7-5-13-4-3-8-22-13/h3-4,6,8-9H,5,7,10-11H2,1-2H3,(H2,17,18,20,21). The van der Waals surface area contributed by atoms with E-state index in [-0.39, 0.29) is 12.5 Å². The molecular weight excluding hydrogens is 330 g/mol. The van der Waals surface area contributed by atoms with Crippen molar-refractivity contribution in [3.63, 3.8) is 0 Å². The molecule has 0 aliphatic carbocycles. The fourth-order valence-corrected chi connectivity index (χ4v) is 3.77. The van der Waals surface area contributed by atoms with E-state index in [9.17, 15) is 9.59 Å². The minimum atomic E-state index is -0.438. The maximum atomic E-state index is 11.9. The van der Waals surface area contributed by atoms with E-state index in [1.807, 2.05) is 34.8 Å². The Hall–Kier alpha value is -1.70. The zero-order chi connectivity index (χ0) is 16.7. The Morgan fingerprint density at radius 3 is 2.70 bits per heavy atom. The molecule has 2 heterocycles. The van der Waals surface area contributed by atoms with E-state index in [1.54, 1.807) is 22.7 Å². The topological polar surface area (TPSA) is 61.4 Å². The van der Waals surface area contributed by atoms with Crippen molar-refractivity contribution in [1.29, 1.82) is 0 Å². The molecule has 0 saturated heterocycles. The van der Waals surface area contributed by atoms with Crippen molar-refractivity contribution in [2.75, 3.05) is 20.1 Å². The van der Waals surface area contributed by atoms with Crippen molar-refractivity contribution in [2.24, 2.45) is 0 Å². The summed E-state index contributed by atoms with van der Waals surface area (Å²) in [4.78, 5) is 27.9. The lowest BCUT2D eigenvalue weighted by Gasteiger charge is -2.15. The first-order chi connectivity index (χ1) is 11.0. The van der Waals surface area contributed by atoms with Gasteiger partial charge in [0.15, 0.2) is 0 Å². The van der Waals surface area contributed by atoms with Gasteiger partial charge in [0, 0.05) is 22.8 Å². The summed E-state index contributed by atoms with van der Waals surface area (Å²) in [5, 5.41) is 9.11. The van der Waals surface area contributed by atoms with E-state index >= 15 is 0 Å². The van der Waals surface area contributed by atoms with Crippen LogP contribution in [0.2, 0.25) is 0 Å². The van der Waals surface area contributed by atoms with Crippen LogP contribution in [0, 0.1) is 6.92 Å². The zero-order valence-corrected chi connectivity index (χ0v) is 14.9. The molecule has 3 amide bonds. The van der Waals surface area contributed by atoms with E-state index in [0.29, 0.717) is 13.1 Å². The summed E-state index contributed by atoms with van der Waals surface area (Å²) in [7, 11) is 1.87. The largest absolute Gasteiger partial charge is 0.337 e. The molecule has 23 heavy (non-hydrogen) atoms. The summed E-state index contributed by atoms with van der Waals surface area (Å²) in [6.45, 7) is 3.47. The molecule has 0 radical (unpaired) electrons. The van der Waals surface area contributed by atoms with Crippen LogP contribution in [0.4, 0.5) is 4.79 Å². The van der Waals surface area contributed by atoms with Crippen molar-refractivity contribution >= 4 is 34.6 Å². The summed E-state index contributed by atoms with van der Waals surface area (Å²) in [6, 6.07) is 5.63. The van der Waals surface area contributed by atoms with Crippen LogP contribution in [-0.2, 0) is 17.8 Å². The second kappa shape index (κ2) is 8.81. The number of likely N-dealkylation sites (N-methyl/N-ethyl adjacent to an activating group) is 1. The smallest absolute Gasteiger partial charge is 0.321 e. The highest BCUT2D eigenvalue weighted by molar-refractivity contribution is 7.10. The lowest BCUT2D eigenvalue weighted by atomic mass is 10.3. The molecule has 0 fully saturated rings. The molecule has 0 aliphatic rings. The van der Waals surface area contributed by atoms with Gasteiger partial charge in [-0.2, -0.15) is 0 Å². The Kier molecular flexibility index (Phi) is 6.76. The maximum absolute atomic E-state index is 11.9. The highest BCUT2D eigenvalue weighted by Crippen LogP contribution is 2.16. The first kappa shape index (κ1) is 17.7. The maximum Gasteiger partial charge on any atom is 0.321 e. The van der Waals surface area contributed by atoms with Gasteiger partial charge >= 0.3 is 6.03 Å². The molecule has 2 N–H and O–H groups in total. The number of thiophene rings is 2. The monoisotopic (exact) mass is 351 g/mol. The average Bonchev–Trinajstić information content (AvgIpc) is 3.11. The minimum Gasteiger partial charge on any atom is -0.337 e. The third-order valence-electron chi connectivity index (χ3n) is 3.29. The highest BCUT2D eigenvalue weighted by atomic mass is 32.1. The third-order valence-corrected chi connectivity index (χ3v) is 5.23. The van der Waals surface area contributed by atoms with E-state index in [0.717, 1.165) is 6.42 Å². The van der Waals surface area contributed by atoms with Gasteiger partial charge in [-0.3, -0.25) is 15.0 Å². The molecule has 0 aliphatic heterocycles. The van der Waals surface area contributed by atoms with Gasteiger partial charge in [-0.1, -0.05) is 6.07 Å². The van der Waals surface area contributed by atoms with Crippen molar-refractivity contribution in [2.45, 2.75) is 19.9 Å². The number of nitrogens with one attached hydrogen (secondary N) is 2. The molecule has 0 atom stereocenters. The second-order valence-corrected chi connectivity index (χ2v) is 7.37. The number of aryl methyl sites for hydroxylation is 1. The predicted octanol–water partition coefficient (Wildman–Crippen LogP) is 2.62. The predicted molar refractivity (Wildman–Crippen MR) is 95.0 cm³/mol. The van der Waals surface area contributed by atoms with Crippen molar-refractivity contribution in [3.05, 3.63) is 44.3 Å². The first-order valence-corrected chi connectivity index (χ1v) is 9.12. The fourth-order valence-electron chi connectivity index (χ4n) is 2.08. The summed E-state index contributed by atoms with van der Waals surface area (Å²) in [5.74, 6) is -0.296. The lowest BCUT2D eigenvalue weighted by molar-refractivity contribution is -0.120. The number of rotatable bonds is 7. The van der Waals surface area contributed by atoms with Gasteiger partial charge in [-0.15, -0.1) is 22.7 Å². The number of urea groups is 1. The Balaban J connectivity index is 1.65. The SMILES string of the molecule is Cc1ccsc1CN(C)CC(=O)NC(=O)NCCc1cccs1. The molecule has 7 heteroatoms. The number of carbonyl (C=O) groups is 2. The summed E-state index contributed by atoms with van der Waals surface area (Å²) >= 11 is 3.33. The Morgan fingerprint density at radius 2 is 2.04 bits per heavy atom. The Labute approximate surface area is 144 Å². The van der Waals surface area contributed by atoms with Gasteiger partial charge in [-0.05, 0) is 48.8 Å². The van der Waals surface area contributed by atoms with Crippen LogP contribution in [0.5, 0.6) is 0 Å². The number of carbonyl (C=O) groups excluding carboxylic acids is 2. The quantitative estimate of drug-likeness (QED) is 0.806. The van der Waals surface area contributed by atoms with Gasteiger partial charge < -0.3 is 5.32 Å². The Morgan fingerprint density at radius 1 is 1.22 bits per heavy atom. The van der Waals surface area contributed by atoms with E-state index < -0.39 is 6.03 Å². The summed E-state index contributed by atoms with van der Waals surface area (Å²) in [5.41, 5.74) is 1.23. The number of amides is 3. The number of hydrogen-bond acceptors (Lipinski definition) is 5.